The fourth-order valence-electron chi connectivity index (χ4n) is 2.85. The Morgan fingerprint density at radius 2 is 1.42 bits per heavy atom. The molecule has 26 heavy (non-hydrogen) atoms. The summed E-state index contributed by atoms with van der Waals surface area (Å²) >= 11 is 1.44. The maximum atomic E-state index is 14.4. The lowest BCUT2D eigenvalue weighted by Gasteiger charge is -2.15. The van der Waals surface area contributed by atoms with E-state index in [1.54, 1.807) is 54.6 Å². The van der Waals surface area contributed by atoms with Crippen molar-refractivity contribution in [2.75, 3.05) is 6.26 Å². The van der Waals surface area contributed by atoms with Crippen LogP contribution in [0.15, 0.2) is 66.7 Å². The first-order chi connectivity index (χ1) is 12.5. The van der Waals surface area contributed by atoms with E-state index in [9.17, 15) is 13.6 Å². The molecule has 3 aromatic carbocycles. The molecule has 0 bridgehead atoms. The average molecular weight is 368 g/mol. The number of Topliss-reactive ketones (excluding diaryl/α,β-unsaturated/α-hetero) is 1. The Kier molecular flexibility index (Phi) is 5.52. The summed E-state index contributed by atoms with van der Waals surface area (Å²) in [5.41, 5.74) is 2.28. The fraction of sp³-hybridized carbons (Fsp3) is 0.136. The highest BCUT2D eigenvalue weighted by molar-refractivity contribution is 7.99. The second kappa shape index (κ2) is 7.83. The van der Waals surface area contributed by atoms with Crippen molar-refractivity contribution >= 4 is 17.5 Å². The minimum Gasteiger partial charge on any atom is -0.293 e. The minimum atomic E-state index is -0.413. The number of rotatable bonds is 5. The highest BCUT2D eigenvalue weighted by Gasteiger charge is 2.21. The van der Waals surface area contributed by atoms with E-state index in [4.69, 9.17) is 0 Å². The number of hydrogen-bond donors (Lipinski definition) is 0. The molecule has 0 fully saturated rings. The number of benzene rings is 3. The quantitative estimate of drug-likeness (QED) is 0.496. The number of thioether (sulfide) groups is 1. The van der Waals surface area contributed by atoms with Gasteiger partial charge in [0.05, 0.1) is 5.25 Å². The van der Waals surface area contributed by atoms with Gasteiger partial charge >= 0.3 is 0 Å². The van der Waals surface area contributed by atoms with Gasteiger partial charge in [-0.1, -0.05) is 48.5 Å². The molecule has 0 amide bonds. The number of ketones is 1. The highest BCUT2D eigenvalue weighted by Crippen LogP contribution is 2.33. The van der Waals surface area contributed by atoms with Gasteiger partial charge in [-0.15, -0.1) is 0 Å². The van der Waals surface area contributed by atoms with Crippen molar-refractivity contribution in [2.24, 2.45) is 0 Å². The molecule has 132 valence electrons. The SMILES string of the molecule is CSC(C)C(=O)c1ccc(-c2ccccc2F)cc1-c1ccccc1F. The second-order valence-electron chi connectivity index (χ2n) is 5.96. The van der Waals surface area contributed by atoms with E-state index < -0.39 is 5.82 Å². The van der Waals surface area contributed by atoms with Crippen LogP contribution < -0.4 is 0 Å². The number of carbonyl (C=O) groups excluding carboxylic acids is 1. The standard InChI is InChI=1S/C22H18F2OS/c1-14(26-2)22(25)18-12-11-15(16-7-3-5-9-20(16)23)13-19(18)17-8-4-6-10-21(17)24/h3-14H,1-2H3. The second-order valence-corrected chi connectivity index (χ2v) is 7.14. The van der Waals surface area contributed by atoms with Gasteiger partial charge in [-0.3, -0.25) is 4.79 Å². The van der Waals surface area contributed by atoms with E-state index in [-0.39, 0.29) is 16.9 Å². The van der Waals surface area contributed by atoms with Crippen LogP contribution in [0.4, 0.5) is 8.78 Å². The van der Waals surface area contributed by atoms with E-state index >= 15 is 0 Å². The van der Waals surface area contributed by atoms with Crippen molar-refractivity contribution in [3.8, 4) is 22.3 Å². The summed E-state index contributed by atoms with van der Waals surface area (Å²) < 4.78 is 28.6. The molecule has 0 heterocycles. The molecule has 0 aliphatic rings. The topological polar surface area (TPSA) is 17.1 Å². The molecule has 0 saturated heterocycles. The lowest BCUT2D eigenvalue weighted by atomic mass is 9.91. The summed E-state index contributed by atoms with van der Waals surface area (Å²) in [6, 6.07) is 17.8. The van der Waals surface area contributed by atoms with Gasteiger partial charge in [0.15, 0.2) is 5.78 Å². The van der Waals surface area contributed by atoms with Crippen molar-refractivity contribution in [1.82, 2.24) is 0 Å². The van der Waals surface area contributed by atoms with Crippen molar-refractivity contribution in [2.45, 2.75) is 12.2 Å². The van der Waals surface area contributed by atoms with Crippen LogP contribution in [0, 0.1) is 11.6 Å². The van der Waals surface area contributed by atoms with Gasteiger partial charge in [0.25, 0.3) is 0 Å². The Bertz CT molecular complexity index is 952. The van der Waals surface area contributed by atoms with Crippen molar-refractivity contribution in [3.05, 3.63) is 83.9 Å². The molecule has 0 saturated carbocycles. The van der Waals surface area contributed by atoms with Crippen LogP contribution >= 0.6 is 11.8 Å². The highest BCUT2D eigenvalue weighted by atomic mass is 32.2. The Hall–Kier alpha value is -2.46. The van der Waals surface area contributed by atoms with Crippen LogP contribution in [0.1, 0.15) is 17.3 Å². The Labute approximate surface area is 156 Å². The first-order valence-electron chi connectivity index (χ1n) is 8.23. The maximum Gasteiger partial charge on any atom is 0.176 e. The van der Waals surface area contributed by atoms with Gasteiger partial charge in [-0.05, 0) is 42.5 Å². The van der Waals surface area contributed by atoms with Gasteiger partial charge in [0.2, 0.25) is 0 Å². The van der Waals surface area contributed by atoms with E-state index in [1.807, 2.05) is 13.2 Å². The van der Waals surface area contributed by atoms with E-state index in [0.717, 1.165) is 0 Å². The Balaban J connectivity index is 2.23. The molecule has 0 aliphatic heterocycles. The van der Waals surface area contributed by atoms with Gasteiger partial charge in [0, 0.05) is 16.7 Å². The monoisotopic (exact) mass is 368 g/mol. The van der Waals surface area contributed by atoms with E-state index in [0.29, 0.717) is 27.8 Å². The molecule has 4 heteroatoms. The van der Waals surface area contributed by atoms with Gasteiger partial charge in [-0.2, -0.15) is 11.8 Å². The zero-order chi connectivity index (χ0) is 18.7. The fourth-order valence-corrected chi connectivity index (χ4v) is 3.19. The van der Waals surface area contributed by atoms with Gasteiger partial charge in [-0.25, -0.2) is 8.78 Å². The summed E-state index contributed by atoms with van der Waals surface area (Å²) in [5.74, 6) is -0.844. The zero-order valence-electron chi connectivity index (χ0n) is 14.5. The lowest BCUT2D eigenvalue weighted by Crippen LogP contribution is -2.14. The summed E-state index contributed by atoms with van der Waals surface area (Å²) in [7, 11) is 0. The van der Waals surface area contributed by atoms with Gasteiger partial charge < -0.3 is 0 Å². The van der Waals surface area contributed by atoms with E-state index in [1.165, 1.54) is 23.9 Å². The third-order valence-electron chi connectivity index (χ3n) is 4.36. The van der Waals surface area contributed by atoms with E-state index in [2.05, 4.69) is 0 Å². The van der Waals surface area contributed by atoms with Crippen LogP contribution in [0.2, 0.25) is 0 Å². The molecular weight excluding hydrogens is 350 g/mol. The first kappa shape index (κ1) is 18.3. The van der Waals surface area contributed by atoms with Crippen molar-refractivity contribution in [3.63, 3.8) is 0 Å². The molecule has 1 atom stereocenters. The van der Waals surface area contributed by atoms with Gasteiger partial charge in [0.1, 0.15) is 11.6 Å². The largest absolute Gasteiger partial charge is 0.293 e. The molecule has 0 radical (unpaired) electrons. The first-order valence-corrected chi connectivity index (χ1v) is 9.52. The lowest BCUT2D eigenvalue weighted by molar-refractivity contribution is 0.0994. The predicted octanol–water partition coefficient (Wildman–Crippen LogP) is 6.23. The van der Waals surface area contributed by atoms with Crippen LogP contribution in [0.25, 0.3) is 22.3 Å². The normalized spacial score (nSPS) is 12.0. The maximum absolute atomic E-state index is 14.4. The predicted molar refractivity (Wildman–Crippen MR) is 105 cm³/mol. The van der Waals surface area contributed by atoms with Crippen molar-refractivity contribution in [1.29, 1.82) is 0 Å². The molecule has 1 unspecified atom stereocenters. The number of halogens is 2. The molecule has 0 aliphatic carbocycles. The Morgan fingerprint density at radius 1 is 0.846 bits per heavy atom. The summed E-state index contributed by atoms with van der Waals surface area (Å²) in [4.78, 5) is 12.8. The third-order valence-corrected chi connectivity index (χ3v) is 5.28. The smallest absolute Gasteiger partial charge is 0.176 e. The molecule has 3 aromatic rings. The zero-order valence-corrected chi connectivity index (χ0v) is 15.3. The molecular formula is C22H18F2OS. The van der Waals surface area contributed by atoms with Crippen LogP contribution in [-0.2, 0) is 0 Å². The van der Waals surface area contributed by atoms with Crippen LogP contribution in [0.5, 0.6) is 0 Å². The summed E-state index contributed by atoms with van der Waals surface area (Å²) in [6.07, 6.45) is 1.86. The van der Waals surface area contributed by atoms with Crippen LogP contribution in [0.3, 0.4) is 0 Å². The molecule has 1 nitrogen and oxygen atoms in total. The van der Waals surface area contributed by atoms with Crippen molar-refractivity contribution < 1.29 is 13.6 Å². The minimum absolute atomic E-state index is 0.0733. The molecule has 3 rings (SSSR count). The Morgan fingerprint density at radius 3 is 2.00 bits per heavy atom. The molecule has 0 spiro atoms. The van der Waals surface area contributed by atoms with Crippen LogP contribution in [-0.4, -0.2) is 17.3 Å². The third kappa shape index (κ3) is 3.56. The molecule has 0 aromatic heterocycles. The summed E-state index contributed by atoms with van der Waals surface area (Å²) in [5, 5.41) is -0.250. The summed E-state index contributed by atoms with van der Waals surface area (Å²) in [6.45, 7) is 1.82. The number of carbonyl (C=O) groups is 1. The number of hydrogen-bond acceptors (Lipinski definition) is 2. The average Bonchev–Trinajstić information content (AvgIpc) is 2.67. The molecule has 0 N–H and O–H groups in total.